The van der Waals surface area contributed by atoms with Crippen molar-refractivity contribution in [2.75, 3.05) is 11.9 Å². The van der Waals surface area contributed by atoms with Crippen LogP contribution >= 0.6 is 22.9 Å². The summed E-state index contributed by atoms with van der Waals surface area (Å²) in [5.41, 5.74) is 1.34. The predicted molar refractivity (Wildman–Crippen MR) is 85.3 cm³/mol. The highest BCUT2D eigenvalue weighted by Gasteiger charge is 2.23. The highest BCUT2D eigenvalue weighted by Crippen LogP contribution is 2.30. The maximum Gasteiger partial charge on any atom is 0.291 e. The molecule has 112 valence electrons. The van der Waals surface area contributed by atoms with Gasteiger partial charge in [-0.05, 0) is 25.7 Å². The Morgan fingerprint density at radius 2 is 2.33 bits per heavy atom. The quantitative estimate of drug-likeness (QED) is 0.887. The summed E-state index contributed by atoms with van der Waals surface area (Å²) in [6.07, 6.45) is 4.68. The molecule has 0 atom stereocenters. The van der Waals surface area contributed by atoms with Crippen molar-refractivity contribution >= 4 is 28.6 Å². The van der Waals surface area contributed by atoms with Crippen LogP contribution in [0.5, 0.6) is 0 Å². The number of anilines is 1. The van der Waals surface area contributed by atoms with Crippen LogP contribution < -0.4 is 10.9 Å². The van der Waals surface area contributed by atoms with Gasteiger partial charge >= 0.3 is 0 Å². The summed E-state index contributed by atoms with van der Waals surface area (Å²) in [6.45, 7) is 3.30. The van der Waals surface area contributed by atoms with Crippen LogP contribution in [0.1, 0.15) is 23.5 Å². The molecule has 0 aromatic carbocycles. The van der Waals surface area contributed by atoms with Gasteiger partial charge in [0, 0.05) is 24.9 Å². The standard InChI is InChI=1S/C14H17ClN4OS/c1-9-18-11(8-21-9)4-5-16-13-12(15)6-17-19(14(13)20)7-10-2-3-10/h6,8,10,16H,2-5,7H2,1H3. The first-order chi connectivity index (χ1) is 10.1. The number of hydrogen-bond acceptors (Lipinski definition) is 5. The van der Waals surface area contributed by atoms with Crippen LogP contribution in [0.2, 0.25) is 5.02 Å². The van der Waals surface area contributed by atoms with E-state index >= 15 is 0 Å². The fourth-order valence-electron chi connectivity index (χ4n) is 2.14. The van der Waals surface area contributed by atoms with Gasteiger partial charge in [0.05, 0.1) is 21.9 Å². The second-order valence-electron chi connectivity index (χ2n) is 5.33. The van der Waals surface area contributed by atoms with Gasteiger partial charge in [0.15, 0.2) is 0 Å². The van der Waals surface area contributed by atoms with E-state index in [1.165, 1.54) is 17.5 Å². The van der Waals surface area contributed by atoms with Crippen LogP contribution in [-0.4, -0.2) is 21.3 Å². The summed E-state index contributed by atoms with van der Waals surface area (Å²) in [7, 11) is 0. The number of nitrogens with zero attached hydrogens (tertiary/aromatic N) is 3. The molecule has 1 N–H and O–H groups in total. The van der Waals surface area contributed by atoms with Crippen molar-refractivity contribution in [1.82, 2.24) is 14.8 Å². The molecule has 5 nitrogen and oxygen atoms in total. The molecule has 7 heteroatoms. The highest BCUT2D eigenvalue weighted by molar-refractivity contribution is 7.09. The first-order valence-corrected chi connectivity index (χ1v) is 8.29. The summed E-state index contributed by atoms with van der Waals surface area (Å²) in [6, 6.07) is 0. The van der Waals surface area contributed by atoms with Crippen molar-refractivity contribution in [3.63, 3.8) is 0 Å². The Bertz CT molecular complexity index is 693. The topological polar surface area (TPSA) is 59.8 Å². The second kappa shape index (κ2) is 6.15. The molecule has 0 radical (unpaired) electrons. The summed E-state index contributed by atoms with van der Waals surface area (Å²) < 4.78 is 1.51. The van der Waals surface area contributed by atoms with E-state index in [1.807, 2.05) is 12.3 Å². The minimum Gasteiger partial charge on any atom is -0.379 e. The normalized spacial score (nSPS) is 14.4. The van der Waals surface area contributed by atoms with E-state index in [-0.39, 0.29) is 5.56 Å². The van der Waals surface area contributed by atoms with Crippen LogP contribution in [0.4, 0.5) is 5.69 Å². The monoisotopic (exact) mass is 324 g/mol. The molecule has 0 amide bonds. The van der Waals surface area contributed by atoms with Gasteiger partial charge in [0.2, 0.25) is 0 Å². The minimum atomic E-state index is -0.135. The van der Waals surface area contributed by atoms with Gasteiger partial charge in [0.1, 0.15) is 5.69 Å². The van der Waals surface area contributed by atoms with Crippen LogP contribution in [0.15, 0.2) is 16.4 Å². The third-order valence-corrected chi connectivity index (χ3v) is 4.58. The van der Waals surface area contributed by atoms with Gasteiger partial charge in [-0.1, -0.05) is 11.6 Å². The molecule has 0 unspecified atom stereocenters. The third kappa shape index (κ3) is 3.63. The van der Waals surface area contributed by atoms with Gasteiger partial charge in [-0.25, -0.2) is 9.67 Å². The molecule has 0 aliphatic heterocycles. The first kappa shape index (κ1) is 14.5. The van der Waals surface area contributed by atoms with Crippen molar-refractivity contribution in [3.8, 4) is 0 Å². The van der Waals surface area contributed by atoms with E-state index in [4.69, 9.17) is 11.6 Å². The average molecular weight is 325 g/mol. The number of nitrogens with one attached hydrogen (secondary N) is 1. The SMILES string of the molecule is Cc1nc(CCNc2c(Cl)cnn(CC3CC3)c2=O)cs1. The van der Waals surface area contributed by atoms with Gasteiger partial charge in [-0.3, -0.25) is 4.79 Å². The molecule has 21 heavy (non-hydrogen) atoms. The summed E-state index contributed by atoms with van der Waals surface area (Å²) >= 11 is 7.72. The van der Waals surface area contributed by atoms with Gasteiger partial charge < -0.3 is 5.32 Å². The zero-order valence-electron chi connectivity index (χ0n) is 11.8. The van der Waals surface area contributed by atoms with Crippen molar-refractivity contribution in [1.29, 1.82) is 0 Å². The molecule has 3 rings (SSSR count). The number of thiazole rings is 1. The molecule has 1 aliphatic rings. The maximum absolute atomic E-state index is 12.3. The van der Waals surface area contributed by atoms with E-state index in [1.54, 1.807) is 17.5 Å². The molecule has 2 heterocycles. The fraction of sp³-hybridized carbons (Fsp3) is 0.500. The van der Waals surface area contributed by atoms with Crippen molar-refractivity contribution in [3.05, 3.63) is 37.7 Å². The molecular formula is C14H17ClN4OS. The summed E-state index contributed by atoms with van der Waals surface area (Å²) in [5, 5.41) is 10.7. The van der Waals surface area contributed by atoms with E-state index in [0.717, 1.165) is 17.1 Å². The second-order valence-corrected chi connectivity index (χ2v) is 6.80. The molecule has 2 aromatic heterocycles. The zero-order valence-corrected chi connectivity index (χ0v) is 13.4. The van der Waals surface area contributed by atoms with E-state index in [2.05, 4.69) is 15.4 Å². The van der Waals surface area contributed by atoms with Gasteiger partial charge in [-0.2, -0.15) is 5.10 Å². The highest BCUT2D eigenvalue weighted by atomic mass is 35.5. The largest absolute Gasteiger partial charge is 0.379 e. The van der Waals surface area contributed by atoms with Crippen LogP contribution in [0.25, 0.3) is 0 Å². The predicted octanol–water partition coefficient (Wildman–Crippen LogP) is 2.73. The van der Waals surface area contributed by atoms with E-state index in [0.29, 0.717) is 29.7 Å². The molecule has 1 fully saturated rings. The number of rotatable bonds is 6. The lowest BCUT2D eigenvalue weighted by Crippen LogP contribution is -2.27. The average Bonchev–Trinajstić information content (AvgIpc) is 3.18. The Balaban J connectivity index is 1.67. The lowest BCUT2D eigenvalue weighted by molar-refractivity contribution is 0.534. The summed E-state index contributed by atoms with van der Waals surface area (Å²) in [5.74, 6) is 0.599. The van der Waals surface area contributed by atoms with Gasteiger partial charge in [-0.15, -0.1) is 11.3 Å². The van der Waals surface area contributed by atoms with Crippen molar-refractivity contribution < 1.29 is 0 Å². The fourth-order valence-corrected chi connectivity index (χ4v) is 2.98. The third-order valence-electron chi connectivity index (χ3n) is 3.48. The minimum absolute atomic E-state index is 0.135. The van der Waals surface area contributed by atoms with Gasteiger partial charge in [0.25, 0.3) is 5.56 Å². The van der Waals surface area contributed by atoms with Crippen molar-refractivity contribution in [2.24, 2.45) is 5.92 Å². The van der Waals surface area contributed by atoms with Crippen LogP contribution in [-0.2, 0) is 13.0 Å². The number of aromatic nitrogens is 3. The number of aryl methyl sites for hydroxylation is 1. The van der Waals surface area contributed by atoms with E-state index < -0.39 is 0 Å². The van der Waals surface area contributed by atoms with Crippen LogP contribution in [0.3, 0.4) is 0 Å². The zero-order chi connectivity index (χ0) is 14.8. The molecule has 0 saturated heterocycles. The number of hydrogen-bond donors (Lipinski definition) is 1. The Morgan fingerprint density at radius 1 is 1.52 bits per heavy atom. The maximum atomic E-state index is 12.3. The summed E-state index contributed by atoms with van der Waals surface area (Å²) in [4.78, 5) is 16.7. The van der Waals surface area contributed by atoms with Crippen molar-refractivity contribution in [2.45, 2.75) is 32.7 Å². The molecule has 1 aliphatic carbocycles. The number of halogens is 1. The van der Waals surface area contributed by atoms with E-state index in [9.17, 15) is 4.79 Å². The molecule has 1 saturated carbocycles. The Labute approximate surface area is 132 Å². The Kier molecular flexibility index (Phi) is 4.26. The Morgan fingerprint density at radius 3 is 3.00 bits per heavy atom. The van der Waals surface area contributed by atoms with Crippen LogP contribution in [0, 0.1) is 12.8 Å². The molecule has 0 spiro atoms. The molecule has 2 aromatic rings. The Hall–Kier alpha value is -1.40. The molecule has 0 bridgehead atoms. The first-order valence-electron chi connectivity index (χ1n) is 7.04. The smallest absolute Gasteiger partial charge is 0.291 e. The lowest BCUT2D eigenvalue weighted by Gasteiger charge is -2.10. The lowest BCUT2D eigenvalue weighted by atomic mass is 10.3. The molecular weight excluding hydrogens is 308 g/mol.